The molecule has 0 atom stereocenters. The van der Waals surface area contributed by atoms with E-state index in [1.54, 1.807) is 35.2 Å². The number of aromatic nitrogens is 2. The Bertz CT molecular complexity index is 1450. The van der Waals surface area contributed by atoms with Crippen LogP contribution in [0.1, 0.15) is 20.8 Å². The molecule has 0 radical (unpaired) electrons. The lowest BCUT2D eigenvalue weighted by molar-refractivity contribution is 0.0955. The number of benzene rings is 3. The summed E-state index contributed by atoms with van der Waals surface area (Å²) < 4.78 is 2.22. The normalized spacial score (nSPS) is 11.2. The van der Waals surface area contributed by atoms with Crippen LogP contribution in [0.4, 0.5) is 10.8 Å². The van der Waals surface area contributed by atoms with Crippen molar-refractivity contribution in [2.45, 2.75) is 10.1 Å². The molecule has 10 heteroatoms. The third-order valence-corrected chi connectivity index (χ3v) is 8.39. The summed E-state index contributed by atoms with van der Waals surface area (Å²) in [6.07, 6.45) is 1.50. The zero-order chi connectivity index (χ0) is 24.0. The molecule has 5 rings (SSSR count). The second-order valence-electron chi connectivity index (χ2n) is 7.30. The van der Waals surface area contributed by atoms with Crippen LogP contribution in [0.5, 0.6) is 0 Å². The third kappa shape index (κ3) is 6.07. The molecule has 0 unspecified atom stereocenters. The van der Waals surface area contributed by atoms with Gasteiger partial charge in [0.05, 0.1) is 21.3 Å². The first-order valence-electron chi connectivity index (χ1n) is 10.5. The Morgan fingerprint density at radius 1 is 0.971 bits per heavy atom. The van der Waals surface area contributed by atoms with Gasteiger partial charge in [-0.25, -0.2) is 15.4 Å². The van der Waals surface area contributed by atoms with E-state index in [4.69, 9.17) is 11.6 Å². The third-order valence-electron chi connectivity index (χ3n) is 4.84. The average molecular weight is 536 g/mol. The van der Waals surface area contributed by atoms with Crippen LogP contribution in [0.25, 0.3) is 10.2 Å². The van der Waals surface area contributed by atoms with E-state index in [0.29, 0.717) is 20.7 Å². The first kappa shape index (κ1) is 23.5. The molecule has 0 aliphatic rings. The Labute approximate surface area is 219 Å². The Morgan fingerprint density at radius 3 is 2.54 bits per heavy atom. The van der Waals surface area contributed by atoms with Gasteiger partial charge in [0.15, 0.2) is 14.6 Å². The fraction of sp³-hybridized carbons (Fsp3) is 0.0400. The van der Waals surface area contributed by atoms with Crippen LogP contribution >= 0.6 is 46.0 Å². The largest absolute Gasteiger partial charge is 0.331 e. The van der Waals surface area contributed by atoms with Crippen molar-refractivity contribution in [2.75, 3.05) is 5.32 Å². The molecule has 2 N–H and O–H groups in total. The number of hydrazone groups is 1. The number of carbonyl (C=O) groups excluding carboxylic acids is 1. The van der Waals surface area contributed by atoms with Crippen molar-refractivity contribution in [3.05, 3.63) is 100 Å². The van der Waals surface area contributed by atoms with Gasteiger partial charge >= 0.3 is 0 Å². The number of nitrogens with one attached hydrogen (secondary N) is 2. The quantitative estimate of drug-likeness (QED) is 0.125. The smallest absolute Gasteiger partial charge is 0.271 e. The van der Waals surface area contributed by atoms with E-state index in [1.165, 1.54) is 22.3 Å². The molecule has 2 aromatic heterocycles. The van der Waals surface area contributed by atoms with Crippen molar-refractivity contribution >= 4 is 79.2 Å². The molecule has 174 valence electrons. The lowest BCUT2D eigenvalue weighted by atomic mass is 10.1. The van der Waals surface area contributed by atoms with Gasteiger partial charge in [-0.05, 0) is 42.0 Å². The van der Waals surface area contributed by atoms with Gasteiger partial charge in [-0.1, -0.05) is 77.2 Å². The summed E-state index contributed by atoms with van der Waals surface area (Å²) in [5, 5.41) is 8.20. The highest BCUT2D eigenvalue weighted by Crippen LogP contribution is 2.31. The number of hydrogen-bond acceptors (Lipinski definition) is 8. The average Bonchev–Trinajstić information content (AvgIpc) is 3.46. The second kappa shape index (κ2) is 11.0. The van der Waals surface area contributed by atoms with Crippen LogP contribution in [0, 0.1) is 0 Å². The minimum absolute atomic E-state index is 0.296. The number of carbonyl (C=O) groups is 1. The Hall–Kier alpha value is -3.24. The summed E-state index contributed by atoms with van der Waals surface area (Å²) in [6.45, 7) is 0. The summed E-state index contributed by atoms with van der Waals surface area (Å²) >= 11 is 10.9. The summed E-state index contributed by atoms with van der Waals surface area (Å²) in [4.78, 5) is 22.0. The number of thioether (sulfide) groups is 1. The Balaban J connectivity index is 1.14. The number of nitrogens with zero attached hydrogens (tertiary/aromatic N) is 3. The minimum Gasteiger partial charge on any atom is -0.331 e. The summed E-state index contributed by atoms with van der Waals surface area (Å²) in [5.41, 5.74) is 6.12. The lowest BCUT2D eigenvalue weighted by Crippen LogP contribution is -2.17. The first-order valence-corrected chi connectivity index (χ1v) is 13.5. The maximum Gasteiger partial charge on any atom is 0.271 e. The van der Waals surface area contributed by atoms with Crippen molar-refractivity contribution in [2.24, 2.45) is 5.10 Å². The molecule has 0 saturated heterocycles. The van der Waals surface area contributed by atoms with Gasteiger partial charge in [0, 0.05) is 17.0 Å². The maximum absolute atomic E-state index is 12.5. The number of amides is 1. The number of para-hydroxylation sites is 2. The van der Waals surface area contributed by atoms with Crippen molar-refractivity contribution in [3.63, 3.8) is 0 Å². The molecule has 0 fully saturated rings. The molecule has 3 aromatic carbocycles. The predicted octanol–water partition coefficient (Wildman–Crippen LogP) is 7.21. The van der Waals surface area contributed by atoms with Crippen LogP contribution in [-0.4, -0.2) is 22.1 Å². The van der Waals surface area contributed by atoms with E-state index in [2.05, 4.69) is 31.9 Å². The van der Waals surface area contributed by atoms with E-state index in [-0.39, 0.29) is 5.91 Å². The van der Waals surface area contributed by atoms with Gasteiger partial charge in [0.1, 0.15) is 0 Å². The van der Waals surface area contributed by atoms with Crippen molar-refractivity contribution in [3.8, 4) is 0 Å². The highest BCUT2D eigenvalue weighted by atomic mass is 35.5. The summed E-state index contributed by atoms with van der Waals surface area (Å²) in [7, 11) is 0. The van der Waals surface area contributed by atoms with Gasteiger partial charge in [-0.2, -0.15) is 5.10 Å². The van der Waals surface area contributed by atoms with E-state index in [1.807, 2.05) is 60.7 Å². The maximum atomic E-state index is 12.5. The van der Waals surface area contributed by atoms with E-state index >= 15 is 0 Å². The van der Waals surface area contributed by atoms with Crippen LogP contribution < -0.4 is 10.7 Å². The number of fused-ring (bicyclic) bond motifs is 1. The Kier molecular flexibility index (Phi) is 7.39. The number of thiazole rings is 2. The molecule has 0 spiro atoms. The lowest BCUT2D eigenvalue weighted by Gasteiger charge is -2.02. The molecule has 2 heterocycles. The number of anilines is 2. The zero-order valence-electron chi connectivity index (χ0n) is 18.1. The van der Waals surface area contributed by atoms with Gasteiger partial charge in [0.25, 0.3) is 5.91 Å². The number of halogens is 1. The number of hydrogen-bond donors (Lipinski definition) is 2. The van der Waals surface area contributed by atoms with Gasteiger partial charge in [-0.15, -0.1) is 11.3 Å². The predicted molar refractivity (Wildman–Crippen MR) is 148 cm³/mol. The monoisotopic (exact) mass is 535 g/mol. The van der Waals surface area contributed by atoms with Crippen LogP contribution in [0.15, 0.2) is 88.3 Å². The minimum atomic E-state index is -0.296. The highest BCUT2D eigenvalue weighted by Gasteiger charge is 2.09. The zero-order valence-corrected chi connectivity index (χ0v) is 21.3. The van der Waals surface area contributed by atoms with Gasteiger partial charge in [0.2, 0.25) is 0 Å². The molecular weight excluding hydrogens is 518 g/mol. The summed E-state index contributed by atoms with van der Waals surface area (Å²) in [6, 6.07) is 25.3. The van der Waals surface area contributed by atoms with E-state index < -0.39 is 0 Å². The van der Waals surface area contributed by atoms with Crippen LogP contribution in [0.2, 0.25) is 5.15 Å². The molecule has 0 saturated carbocycles. The second-order valence-corrected chi connectivity index (χ2v) is 10.9. The number of rotatable bonds is 8. The SMILES string of the molecule is O=C(N/N=C/c1sc(Nc2ccccc2)nc1Cl)c1ccc(CSc2nc3ccccc3s2)cc1. The fourth-order valence-corrected chi connectivity index (χ4v) is 6.19. The Morgan fingerprint density at radius 2 is 1.74 bits per heavy atom. The van der Waals surface area contributed by atoms with Crippen molar-refractivity contribution < 1.29 is 4.79 Å². The van der Waals surface area contributed by atoms with Crippen molar-refractivity contribution in [1.82, 2.24) is 15.4 Å². The molecule has 0 bridgehead atoms. The molecule has 5 aromatic rings. The van der Waals surface area contributed by atoms with Gasteiger partial charge in [-0.3, -0.25) is 4.79 Å². The van der Waals surface area contributed by atoms with E-state index in [0.717, 1.165) is 26.9 Å². The summed E-state index contributed by atoms with van der Waals surface area (Å²) in [5.74, 6) is 0.484. The topological polar surface area (TPSA) is 79.3 Å². The molecule has 35 heavy (non-hydrogen) atoms. The van der Waals surface area contributed by atoms with Gasteiger partial charge < -0.3 is 5.32 Å². The molecule has 0 aliphatic heterocycles. The van der Waals surface area contributed by atoms with Crippen LogP contribution in [0.3, 0.4) is 0 Å². The first-order chi connectivity index (χ1) is 17.1. The molecule has 6 nitrogen and oxygen atoms in total. The van der Waals surface area contributed by atoms with Crippen LogP contribution in [-0.2, 0) is 5.75 Å². The fourth-order valence-electron chi connectivity index (χ4n) is 3.12. The standard InChI is InChI=1S/C25H18ClN5OS3/c26-22-21(34-24(30-22)28-18-6-2-1-3-7-18)14-27-31-23(32)17-12-10-16(11-13-17)15-33-25-29-19-8-4-5-9-20(19)35-25/h1-14H,15H2,(H,28,30)(H,31,32)/b27-14+. The van der Waals surface area contributed by atoms with Crippen molar-refractivity contribution in [1.29, 1.82) is 0 Å². The highest BCUT2D eigenvalue weighted by molar-refractivity contribution is 8.00. The molecular formula is C25H18ClN5OS3. The molecule has 0 aliphatic carbocycles. The van der Waals surface area contributed by atoms with E-state index in [9.17, 15) is 4.79 Å². The molecule has 1 amide bonds.